The van der Waals surface area contributed by atoms with Gasteiger partial charge in [0.05, 0.1) is 12.2 Å². The van der Waals surface area contributed by atoms with Gasteiger partial charge in [-0.25, -0.2) is 4.79 Å². The van der Waals surface area contributed by atoms with Crippen molar-refractivity contribution in [2.75, 3.05) is 19.7 Å². The third kappa shape index (κ3) is 5.33. The van der Waals surface area contributed by atoms with E-state index in [9.17, 15) is 4.79 Å². The number of ether oxygens (including phenoxy) is 2. The van der Waals surface area contributed by atoms with E-state index >= 15 is 0 Å². The molecule has 0 atom stereocenters. The Morgan fingerprint density at radius 3 is 2.30 bits per heavy atom. The van der Waals surface area contributed by atoms with Crippen LogP contribution in [0.4, 0.5) is 4.79 Å². The summed E-state index contributed by atoms with van der Waals surface area (Å²) in [5.74, 6) is 0. The summed E-state index contributed by atoms with van der Waals surface area (Å²) in [6.45, 7) is 13.0. The summed E-state index contributed by atoms with van der Waals surface area (Å²) in [7, 11) is 0. The molecule has 0 radical (unpaired) electrons. The normalized spacial score (nSPS) is 18.8. The number of hydrogen-bond acceptors (Lipinski definition) is 3. The van der Waals surface area contributed by atoms with Crippen LogP contribution in [0.2, 0.25) is 0 Å². The Morgan fingerprint density at radius 2 is 1.90 bits per heavy atom. The first-order valence-corrected chi connectivity index (χ1v) is 7.50. The predicted octanol–water partition coefficient (Wildman–Crippen LogP) is 3.94. The Balaban J connectivity index is 2.52. The van der Waals surface area contributed by atoms with Crippen molar-refractivity contribution in [3.8, 4) is 0 Å². The molecule has 0 aromatic carbocycles. The zero-order chi connectivity index (χ0) is 15.4. The smallest absolute Gasteiger partial charge is 0.410 e. The van der Waals surface area contributed by atoms with Crippen LogP contribution >= 0.6 is 11.6 Å². The second kappa shape index (κ2) is 6.81. The molecule has 0 unspecified atom stereocenters. The van der Waals surface area contributed by atoms with Gasteiger partial charge in [-0.05, 0) is 40.0 Å². The minimum absolute atomic E-state index is 0.198. The fraction of sp³-hybridized carbons (Fsp3) is 0.800. The highest BCUT2D eigenvalue weighted by atomic mass is 35.5. The summed E-state index contributed by atoms with van der Waals surface area (Å²) in [6, 6.07) is 0. The van der Waals surface area contributed by atoms with E-state index in [-0.39, 0.29) is 11.7 Å². The van der Waals surface area contributed by atoms with Gasteiger partial charge in [0, 0.05) is 18.1 Å². The molecule has 0 aliphatic carbocycles. The maximum absolute atomic E-state index is 12.0. The fourth-order valence-corrected chi connectivity index (χ4v) is 2.31. The van der Waals surface area contributed by atoms with E-state index in [1.54, 1.807) is 4.90 Å². The van der Waals surface area contributed by atoms with E-state index in [0.29, 0.717) is 24.7 Å². The second-order valence-electron chi connectivity index (χ2n) is 6.31. The van der Waals surface area contributed by atoms with Crippen LogP contribution in [0.5, 0.6) is 0 Å². The first kappa shape index (κ1) is 17.3. The summed E-state index contributed by atoms with van der Waals surface area (Å²) in [6.07, 6.45) is 2.25. The molecule has 1 saturated heterocycles. The lowest BCUT2D eigenvalue weighted by molar-refractivity contribution is -0.0772. The molecule has 0 saturated carbocycles. The molecular formula is C15H26ClNO3. The molecule has 0 N–H and O–H groups in total. The lowest BCUT2D eigenvalue weighted by Crippen LogP contribution is -2.49. The summed E-state index contributed by atoms with van der Waals surface area (Å²) in [5, 5.41) is 0.507. The minimum Gasteiger partial charge on any atom is -0.444 e. The summed E-state index contributed by atoms with van der Waals surface area (Å²) < 4.78 is 11.3. The highest BCUT2D eigenvalue weighted by molar-refractivity contribution is 6.29. The zero-order valence-electron chi connectivity index (χ0n) is 13.0. The van der Waals surface area contributed by atoms with Crippen LogP contribution in [0.1, 0.15) is 47.0 Å². The Labute approximate surface area is 127 Å². The average Bonchev–Trinajstić information content (AvgIpc) is 2.35. The van der Waals surface area contributed by atoms with E-state index in [2.05, 4.69) is 13.5 Å². The molecule has 1 fully saturated rings. The summed E-state index contributed by atoms with van der Waals surface area (Å²) in [5.41, 5.74) is -0.653. The molecule has 1 aliphatic rings. The number of amides is 1. The van der Waals surface area contributed by atoms with Gasteiger partial charge in [-0.1, -0.05) is 25.1 Å². The second-order valence-corrected chi connectivity index (χ2v) is 6.84. The number of likely N-dealkylation sites (tertiary alicyclic amines) is 1. The standard InChI is InChI=1S/C15H26ClNO3/c1-6-15(19-11-12(2)16)7-9-17(10-8-15)13(18)20-14(3,4)5/h2,6-11H2,1,3-5H3. The van der Waals surface area contributed by atoms with Gasteiger partial charge in [0.2, 0.25) is 0 Å². The number of nitrogens with zero attached hydrogens (tertiary/aromatic N) is 1. The molecule has 4 nitrogen and oxygen atoms in total. The number of hydrogen-bond donors (Lipinski definition) is 0. The van der Waals surface area contributed by atoms with Gasteiger partial charge in [-0.15, -0.1) is 0 Å². The average molecular weight is 304 g/mol. The SMILES string of the molecule is C=C(Cl)COC1(CC)CCN(C(=O)OC(C)(C)C)CC1. The van der Waals surface area contributed by atoms with E-state index in [4.69, 9.17) is 21.1 Å². The van der Waals surface area contributed by atoms with E-state index in [1.807, 2.05) is 20.8 Å². The molecule has 116 valence electrons. The molecule has 0 bridgehead atoms. The van der Waals surface area contributed by atoms with Gasteiger partial charge in [0.15, 0.2) is 0 Å². The van der Waals surface area contributed by atoms with Crippen LogP contribution in [-0.2, 0) is 9.47 Å². The fourth-order valence-electron chi connectivity index (χ4n) is 2.25. The first-order valence-electron chi connectivity index (χ1n) is 7.13. The lowest BCUT2D eigenvalue weighted by atomic mass is 9.88. The molecule has 1 heterocycles. The van der Waals surface area contributed by atoms with Crippen LogP contribution in [0.25, 0.3) is 0 Å². The summed E-state index contributed by atoms with van der Waals surface area (Å²) in [4.78, 5) is 13.8. The molecule has 1 aliphatic heterocycles. The van der Waals surface area contributed by atoms with Crippen LogP contribution in [0.3, 0.4) is 0 Å². The zero-order valence-corrected chi connectivity index (χ0v) is 13.8. The Morgan fingerprint density at radius 1 is 1.35 bits per heavy atom. The summed E-state index contributed by atoms with van der Waals surface area (Å²) >= 11 is 5.76. The molecule has 1 rings (SSSR count). The number of piperidine rings is 1. The van der Waals surface area contributed by atoms with Crippen molar-refractivity contribution < 1.29 is 14.3 Å². The molecular weight excluding hydrogens is 278 g/mol. The number of halogens is 1. The van der Waals surface area contributed by atoms with Gasteiger partial charge in [-0.3, -0.25) is 0 Å². The van der Waals surface area contributed by atoms with E-state index in [1.165, 1.54) is 0 Å². The van der Waals surface area contributed by atoms with Crippen molar-refractivity contribution in [2.45, 2.75) is 58.2 Å². The molecule has 1 amide bonds. The van der Waals surface area contributed by atoms with Crippen LogP contribution in [-0.4, -0.2) is 41.9 Å². The lowest BCUT2D eigenvalue weighted by Gasteiger charge is -2.41. The molecule has 20 heavy (non-hydrogen) atoms. The van der Waals surface area contributed by atoms with Gasteiger partial charge in [0.25, 0.3) is 0 Å². The number of carbonyl (C=O) groups is 1. The maximum atomic E-state index is 12.0. The molecule has 5 heteroatoms. The van der Waals surface area contributed by atoms with E-state index < -0.39 is 5.60 Å². The maximum Gasteiger partial charge on any atom is 0.410 e. The van der Waals surface area contributed by atoms with Crippen molar-refractivity contribution in [3.63, 3.8) is 0 Å². The van der Waals surface area contributed by atoms with Gasteiger partial charge in [-0.2, -0.15) is 0 Å². The predicted molar refractivity (Wildman–Crippen MR) is 81.0 cm³/mol. The van der Waals surface area contributed by atoms with Gasteiger partial charge < -0.3 is 14.4 Å². The van der Waals surface area contributed by atoms with Crippen molar-refractivity contribution in [1.82, 2.24) is 4.90 Å². The van der Waals surface area contributed by atoms with Crippen molar-refractivity contribution in [2.24, 2.45) is 0 Å². The highest BCUT2D eigenvalue weighted by Crippen LogP contribution is 2.31. The molecule has 0 aromatic rings. The van der Waals surface area contributed by atoms with Crippen molar-refractivity contribution >= 4 is 17.7 Å². The van der Waals surface area contributed by atoms with Gasteiger partial charge in [0.1, 0.15) is 5.60 Å². The third-order valence-electron chi connectivity index (χ3n) is 3.51. The Kier molecular flexibility index (Phi) is 5.90. The first-order chi connectivity index (χ1) is 9.17. The Bertz CT molecular complexity index is 355. The van der Waals surface area contributed by atoms with Gasteiger partial charge >= 0.3 is 6.09 Å². The van der Waals surface area contributed by atoms with Crippen molar-refractivity contribution in [1.29, 1.82) is 0 Å². The number of rotatable bonds is 4. The minimum atomic E-state index is -0.455. The topological polar surface area (TPSA) is 38.8 Å². The third-order valence-corrected chi connectivity index (χ3v) is 3.61. The largest absolute Gasteiger partial charge is 0.444 e. The van der Waals surface area contributed by atoms with Crippen LogP contribution in [0, 0.1) is 0 Å². The molecule has 0 spiro atoms. The molecule has 0 aromatic heterocycles. The number of carbonyl (C=O) groups excluding carboxylic acids is 1. The Hall–Kier alpha value is -0.740. The van der Waals surface area contributed by atoms with E-state index in [0.717, 1.165) is 19.3 Å². The quantitative estimate of drug-likeness (QED) is 0.789. The monoisotopic (exact) mass is 303 g/mol. The van der Waals surface area contributed by atoms with Crippen LogP contribution < -0.4 is 0 Å². The highest BCUT2D eigenvalue weighted by Gasteiger charge is 2.36. The van der Waals surface area contributed by atoms with Crippen molar-refractivity contribution in [3.05, 3.63) is 11.6 Å². The van der Waals surface area contributed by atoms with Crippen LogP contribution in [0.15, 0.2) is 11.6 Å².